The second-order valence-electron chi connectivity index (χ2n) is 7.81. The Balaban J connectivity index is 1.70. The van der Waals surface area contributed by atoms with Crippen molar-refractivity contribution in [1.82, 2.24) is 0 Å². The van der Waals surface area contributed by atoms with Crippen molar-refractivity contribution in [2.75, 3.05) is 0 Å². The van der Waals surface area contributed by atoms with Gasteiger partial charge in [0, 0.05) is 0 Å². The van der Waals surface area contributed by atoms with Crippen molar-refractivity contribution < 1.29 is 4.39 Å². The van der Waals surface area contributed by atoms with Crippen molar-refractivity contribution in [1.29, 1.82) is 0 Å². The lowest BCUT2D eigenvalue weighted by atomic mass is 9.77. The molecule has 3 heteroatoms. The molecule has 142 valence electrons. The van der Waals surface area contributed by atoms with Crippen LogP contribution < -0.4 is 0 Å². The molecule has 1 aliphatic carbocycles. The molecule has 0 amide bonds. The first-order chi connectivity index (χ1) is 13.1. The molecule has 0 aliphatic heterocycles. The monoisotopic (exact) mass is 381 g/mol. The molecule has 3 rings (SSSR count). The highest BCUT2D eigenvalue weighted by Crippen LogP contribution is 2.38. The lowest BCUT2D eigenvalue weighted by molar-refractivity contribution is 0.304. The van der Waals surface area contributed by atoms with Crippen molar-refractivity contribution in [3.05, 3.63) is 53.3 Å². The topological polar surface area (TPSA) is 12.4 Å². The Kier molecular flexibility index (Phi) is 6.93. The fourth-order valence-electron chi connectivity index (χ4n) is 4.32. The van der Waals surface area contributed by atoms with Gasteiger partial charge in [0.05, 0.1) is 5.16 Å². The maximum Gasteiger partial charge on any atom is 0.150 e. The van der Waals surface area contributed by atoms with Gasteiger partial charge in [0.15, 0.2) is 5.82 Å². The third-order valence-electron chi connectivity index (χ3n) is 5.94. The summed E-state index contributed by atoms with van der Waals surface area (Å²) >= 11 is 4.60. The average Bonchev–Trinajstić information content (AvgIpc) is 2.69. The van der Waals surface area contributed by atoms with Crippen LogP contribution in [0, 0.1) is 18.7 Å². The summed E-state index contributed by atoms with van der Waals surface area (Å²) in [6.45, 7) is 4.13. The predicted molar refractivity (Wildman–Crippen MR) is 115 cm³/mol. The Hall–Kier alpha value is -1.83. The molecular weight excluding hydrogens is 353 g/mol. The highest BCUT2D eigenvalue weighted by Gasteiger charge is 2.22. The minimum absolute atomic E-state index is 0.283. The van der Waals surface area contributed by atoms with E-state index in [9.17, 15) is 4.39 Å². The fraction of sp³-hybridized carbons (Fsp3) is 0.458. The number of benzene rings is 2. The van der Waals surface area contributed by atoms with Crippen LogP contribution in [0.1, 0.15) is 68.9 Å². The summed E-state index contributed by atoms with van der Waals surface area (Å²) in [6, 6.07) is 12.2. The van der Waals surface area contributed by atoms with Crippen LogP contribution >= 0.6 is 12.2 Å². The highest BCUT2D eigenvalue weighted by atomic mass is 32.1. The van der Waals surface area contributed by atoms with Crippen molar-refractivity contribution in [3.8, 4) is 11.1 Å². The second-order valence-corrected chi connectivity index (χ2v) is 7.99. The molecule has 1 aliphatic rings. The molecule has 1 fully saturated rings. The van der Waals surface area contributed by atoms with Crippen LogP contribution in [-0.4, -0.2) is 5.16 Å². The molecule has 0 atom stereocenters. The largest absolute Gasteiger partial charge is 0.205 e. The SMILES string of the molecule is CCCCC1CCC(c2ccc(-c3cc(C)c(N=C=S)c(F)c3)cc2)CC1. The van der Waals surface area contributed by atoms with E-state index in [0.717, 1.165) is 22.6 Å². The third kappa shape index (κ3) is 4.91. The van der Waals surface area contributed by atoms with Crippen LogP contribution in [0.25, 0.3) is 11.1 Å². The van der Waals surface area contributed by atoms with Crippen LogP contribution in [0.5, 0.6) is 0 Å². The fourth-order valence-corrected chi connectivity index (χ4v) is 4.41. The molecule has 0 spiro atoms. The van der Waals surface area contributed by atoms with Crippen molar-refractivity contribution in [3.63, 3.8) is 0 Å². The Morgan fingerprint density at radius 3 is 2.37 bits per heavy atom. The van der Waals surface area contributed by atoms with E-state index in [0.29, 0.717) is 5.92 Å². The molecule has 0 saturated heterocycles. The van der Waals surface area contributed by atoms with E-state index in [4.69, 9.17) is 0 Å². The Morgan fingerprint density at radius 1 is 1.07 bits per heavy atom. The Labute approximate surface area is 167 Å². The predicted octanol–water partition coefficient (Wildman–Crippen LogP) is 8.00. The van der Waals surface area contributed by atoms with Crippen molar-refractivity contribution >= 4 is 23.1 Å². The number of rotatable bonds is 6. The van der Waals surface area contributed by atoms with Gasteiger partial charge >= 0.3 is 0 Å². The quantitative estimate of drug-likeness (QED) is 0.365. The normalized spacial score (nSPS) is 19.5. The molecule has 0 heterocycles. The molecule has 2 aromatic carbocycles. The molecule has 1 saturated carbocycles. The zero-order chi connectivity index (χ0) is 19.2. The zero-order valence-corrected chi connectivity index (χ0v) is 17.1. The van der Waals surface area contributed by atoms with Crippen LogP contribution in [0.2, 0.25) is 0 Å². The van der Waals surface area contributed by atoms with Gasteiger partial charge < -0.3 is 0 Å². The van der Waals surface area contributed by atoms with Gasteiger partial charge in [0.25, 0.3) is 0 Å². The van der Waals surface area contributed by atoms with E-state index in [1.165, 1.54) is 56.6 Å². The van der Waals surface area contributed by atoms with Gasteiger partial charge in [0.2, 0.25) is 0 Å². The summed E-state index contributed by atoms with van der Waals surface area (Å²) in [5.41, 5.74) is 4.40. The third-order valence-corrected chi connectivity index (χ3v) is 6.03. The minimum Gasteiger partial charge on any atom is -0.205 e. The number of nitrogens with zero attached hydrogens (tertiary/aromatic N) is 1. The molecule has 0 unspecified atom stereocenters. The molecule has 2 aromatic rings. The molecular formula is C24H28FNS. The first-order valence-corrected chi connectivity index (χ1v) is 10.5. The standard InChI is InChI=1S/C24H28FNS/c1-3-4-5-18-6-8-19(9-7-18)20-10-12-21(13-11-20)22-14-17(2)24(26-16-27)23(25)15-22/h10-15,18-19H,3-9H2,1-2H3. The number of aryl methyl sites for hydroxylation is 1. The lowest BCUT2D eigenvalue weighted by Gasteiger charge is -2.29. The lowest BCUT2D eigenvalue weighted by Crippen LogP contribution is -2.13. The van der Waals surface area contributed by atoms with Crippen LogP contribution in [0.4, 0.5) is 10.1 Å². The summed E-state index contributed by atoms with van der Waals surface area (Å²) in [4.78, 5) is 3.83. The van der Waals surface area contributed by atoms with Crippen molar-refractivity contribution in [2.24, 2.45) is 10.9 Å². The van der Waals surface area contributed by atoms with E-state index in [1.807, 2.05) is 13.0 Å². The molecule has 1 nitrogen and oxygen atoms in total. The second kappa shape index (κ2) is 9.39. The summed E-state index contributed by atoms with van der Waals surface area (Å²) in [5, 5.41) is 2.25. The number of unbranched alkanes of at least 4 members (excludes halogenated alkanes) is 1. The van der Waals surface area contributed by atoms with Crippen molar-refractivity contribution in [2.45, 2.75) is 64.7 Å². The van der Waals surface area contributed by atoms with Gasteiger partial charge in [-0.25, -0.2) is 4.39 Å². The molecule has 0 bridgehead atoms. The van der Waals surface area contributed by atoms with Gasteiger partial charge in [-0.15, -0.1) is 0 Å². The van der Waals surface area contributed by atoms with Gasteiger partial charge in [0.1, 0.15) is 5.69 Å². The number of hydrogen-bond donors (Lipinski definition) is 0. The number of thiocarbonyl (C=S) groups is 1. The van der Waals surface area contributed by atoms with Gasteiger partial charge in [-0.3, -0.25) is 0 Å². The zero-order valence-electron chi connectivity index (χ0n) is 16.3. The van der Waals surface area contributed by atoms with Gasteiger partial charge in [-0.1, -0.05) is 50.5 Å². The summed E-state index contributed by atoms with van der Waals surface area (Å²) in [5.74, 6) is 1.26. The Morgan fingerprint density at radius 2 is 1.78 bits per heavy atom. The Bertz CT molecular complexity index is 790. The first-order valence-electron chi connectivity index (χ1n) is 10.1. The minimum atomic E-state index is -0.350. The average molecular weight is 382 g/mol. The highest BCUT2D eigenvalue weighted by molar-refractivity contribution is 7.78. The number of hydrogen-bond acceptors (Lipinski definition) is 2. The smallest absolute Gasteiger partial charge is 0.150 e. The van der Waals surface area contributed by atoms with Crippen LogP contribution in [-0.2, 0) is 0 Å². The number of aliphatic imine (C=N–C) groups is 1. The van der Waals surface area contributed by atoms with E-state index in [2.05, 4.69) is 53.6 Å². The maximum atomic E-state index is 14.3. The van der Waals surface area contributed by atoms with E-state index >= 15 is 0 Å². The van der Waals surface area contributed by atoms with Gasteiger partial charge in [-0.2, -0.15) is 4.99 Å². The maximum absolute atomic E-state index is 14.3. The summed E-state index contributed by atoms with van der Waals surface area (Å²) in [7, 11) is 0. The van der Waals surface area contributed by atoms with E-state index < -0.39 is 0 Å². The molecule has 0 aromatic heterocycles. The first kappa shape index (κ1) is 19.9. The molecule has 0 radical (unpaired) electrons. The van der Waals surface area contributed by atoms with Gasteiger partial charge in [-0.05, 0) is 91.0 Å². The number of halogens is 1. The molecule has 27 heavy (non-hydrogen) atoms. The number of isothiocyanates is 1. The molecule has 0 N–H and O–H groups in total. The van der Waals surface area contributed by atoms with Crippen LogP contribution in [0.3, 0.4) is 0 Å². The van der Waals surface area contributed by atoms with E-state index in [1.54, 1.807) is 0 Å². The van der Waals surface area contributed by atoms with E-state index in [-0.39, 0.29) is 11.5 Å². The summed E-state index contributed by atoms with van der Waals surface area (Å²) in [6.07, 6.45) is 9.39. The summed E-state index contributed by atoms with van der Waals surface area (Å²) < 4.78 is 14.3. The van der Waals surface area contributed by atoms with Crippen LogP contribution in [0.15, 0.2) is 41.4 Å².